The van der Waals surface area contributed by atoms with Gasteiger partial charge in [0.2, 0.25) is 10.0 Å². The zero-order valence-electron chi connectivity index (χ0n) is 16.8. The second kappa shape index (κ2) is 10.7. The molecule has 2 aromatic rings. The normalized spacial score (nSPS) is 21.4. The van der Waals surface area contributed by atoms with Gasteiger partial charge in [-0.25, -0.2) is 22.3 Å². The third-order valence-electron chi connectivity index (χ3n) is 5.03. The van der Waals surface area contributed by atoms with Gasteiger partial charge in [0.1, 0.15) is 16.8 Å². The molecular weight excluding hydrogens is 425 g/mol. The molecule has 0 saturated carbocycles. The molecule has 0 spiro atoms. The number of aliphatic hydroxyl groups excluding tert-OH is 1. The van der Waals surface area contributed by atoms with Crippen molar-refractivity contribution in [2.45, 2.75) is 42.4 Å². The summed E-state index contributed by atoms with van der Waals surface area (Å²) in [5, 5.41) is 15.2. The van der Waals surface area contributed by atoms with Gasteiger partial charge in [-0.1, -0.05) is 30.3 Å². The van der Waals surface area contributed by atoms with Crippen LogP contribution in [0.2, 0.25) is 0 Å². The maximum atomic E-state index is 13.7. The van der Waals surface area contributed by atoms with Gasteiger partial charge in [0.25, 0.3) is 0 Å². The molecule has 1 heterocycles. The fourth-order valence-corrected chi connectivity index (χ4v) is 4.59. The number of rotatable bonds is 8. The van der Waals surface area contributed by atoms with Crippen LogP contribution in [0.15, 0.2) is 59.5 Å². The number of carbonyl (C=O) groups is 1. The summed E-state index contributed by atoms with van der Waals surface area (Å²) >= 11 is 0. The van der Waals surface area contributed by atoms with Gasteiger partial charge >= 0.3 is 6.03 Å². The first-order valence-corrected chi connectivity index (χ1v) is 11.5. The minimum Gasteiger partial charge on any atom is -0.394 e. The van der Waals surface area contributed by atoms with Crippen molar-refractivity contribution in [2.24, 2.45) is 0 Å². The van der Waals surface area contributed by atoms with Gasteiger partial charge in [-0.3, -0.25) is 0 Å². The van der Waals surface area contributed by atoms with Crippen molar-refractivity contribution in [2.75, 3.05) is 18.5 Å². The van der Waals surface area contributed by atoms with Crippen molar-refractivity contribution < 1.29 is 27.4 Å². The average Bonchev–Trinajstić information content (AvgIpc) is 2.75. The Labute approximate surface area is 180 Å². The minimum absolute atomic E-state index is 0.0616. The number of nitrogens with one attached hydrogen (secondary N) is 3. The summed E-state index contributed by atoms with van der Waals surface area (Å²) in [6, 6.07) is 13.4. The van der Waals surface area contributed by atoms with Crippen LogP contribution in [0, 0.1) is 5.82 Å². The molecule has 0 aromatic heterocycles. The van der Waals surface area contributed by atoms with Crippen molar-refractivity contribution in [1.82, 2.24) is 10.0 Å². The predicted octanol–water partition coefficient (Wildman–Crippen LogP) is 2.22. The van der Waals surface area contributed by atoms with Gasteiger partial charge in [0.05, 0.1) is 18.8 Å². The fourth-order valence-electron chi connectivity index (χ4n) is 3.46. The number of benzene rings is 2. The Kier molecular flexibility index (Phi) is 7.97. The van der Waals surface area contributed by atoms with Crippen LogP contribution in [0.4, 0.5) is 14.9 Å². The van der Waals surface area contributed by atoms with Crippen LogP contribution in [0.3, 0.4) is 0 Å². The molecule has 2 amide bonds. The van der Waals surface area contributed by atoms with Gasteiger partial charge < -0.3 is 20.5 Å². The first-order chi connectivity index (χ1) is 14.9. The first kappa shape index (κ1) is 23.1. The molecule has 0 unspecified atom stereocenters. The molecule has 2 aromatic carbocycles. The third kappa shape index (κ3) is 6.47. The van der Waals surface area contributed by atoms with E-state index in [0.29, 0.717) is 24.9 Å². The van der Waals surface area contributed by atoms with Crippen molar-refractivity contribution in [3.8, 4) is 0 Å². The summed E-state index contributed by atoms with van der Waals surface area (Å²) < 4.78 is 46.5. The molecule has 168 valence electrons. The lowest BCUT2D eigenvalue weighted by Gasteiger charge is -2.36. The Morgan fingerprint density at radius 3 is 2.52 bits per heavy atom. The summed E-state index contributed by atoms with van der Waals surface area (Å²) in [6.45, 7) is -0.222. The zero-order chi connectivity index (χ0) is 22.3. The number of urea groups is 1. The topological polar surface area (TPSA) is 117 Å². The van der Waals surface area contributed by atoms with Gasteiger partial charge in [0.15, 0.2) is 0 Å². The van der Waals surface area contributed by atoms with Crippen LogP contribution in [-0.2, 0) is 14.8 Å². The number of anilines is 1. The lowest BCUT2D eigenvalue weighted by atomic mass is 9.97. The Morgan fingerprint density at radius 1 is 1.10 bits per heavy atom. The van der Waals surface area contributed by atoms with Crippen LogP contribution in [0.1, 0.15) is 19.3 Å². The number of hydrogen-bond acceptors (Lipinski definition) is 5. The van der Waals surface area contributed by atoms with E-state index in [0.717, 1.165) is 6.07 Å². The molecule has 10 heteroatoms. The van der Waals surface area contributed by atoms with Crippen LogP contribution >= 0.6 is 0 Å². The van der Waals surface area contributed by atoms with Gasteiger partial charge in [-0.2, -0.15) is 0 Å². The quantitative estimate of drug-likeness (QED) is 0.491. The molecule has 0 bridgehead atoms. The number of ether oxygens (including phenoxy) is 1. The van der Waals surface area contributed by atoms with Crippen molar-refractivity contribution in [1.29, 1.82) is 0 Å². The summed E-state index contributed by atoms with van der Waals surface area (Å²) in [5.74, 6) is -0.813. The molecule has 0 aliphatic carbocycles. The second-order valence-corrected chi connectivity index (χ2v) is 8.98. The van der Waals surface area contributed by atoms with E-state index in [9.17, 15) is 22.7 Å². The molecule has 1 fully saturated rings. The number of halogens is 1. The van der Waals surface area contributed by atoms with Gasteiger partial charge in [0, 0.05) is 12.2 Å². The minimum atomic E-state index is -3.96. The number of carbonyl (C=O) groups excluding carboxylic acids is 1. The predicted molar refractivity (Wildman–Crippen MR) is 114 cm³/mol. The highest BCUT2D eigenvalue weighted by atomic mass is 32.2. The third-order valence-corrected chi connectivity index (χ3v) is 6.52. The second-order valence-electron chi connectivity index (χ2n) is 7.24. The van der Waals surface area contributed by atoms with E-state index in [1.165, 1.54) is 18.2 Å². The van der Waals surface area contributed by atoms with Crippen molar-refractivity contribution in [3.05, 3.63) is 60.4 Å². The Hall–Kier alpha value is -2.53. The summed E-state index contributed by atoms with van der Waals surface area (Å²) in [7, 11) is -3.96. The van der Waals surface area contributed by atoms with Gasteiger partial charge in [-0.15, -0.1) is 0 Å². The van der Waals surface area contributed by atoms with Gasteiger partial charge in [-0.05, 0) is 43.5 Å². The van der Waals surface area contributed by atoms with E-state index in [1.807, 2.05) is 6.07 Å². The summed E-state index contributed by atoms with van der Waals surface area (Å²) in [4.78, 5) is 11.8. The lowest BCUT2D eigenvalue weighted by Crippen LogP contribution is -2.52. The van der Waals surface area contributed by atoms with E-state index >= 15 is 0 Å². The summed E-state index contributed by atoms with van der Waals surface area (Å²) in [5.41, 5.74) is 0.650. The van der Waals surface area contributed by atoms with Crippen LogP contribution in [-0.4, -0.2) is 51.0 Å². The molecule has 31 heavy (non-hydrogen) atoms. The standard InChI is InChI=1S/C21H26FN3O5S/c22-17-8-4-5-9-20(17)31(28,29)23-13-12-16-10-11-18(19(14-26)30-16)25-21(27)24-15-6-2-1-3-7-15/h1-9,16,18-19,23,26H,10-14H2,(H2,24,25,27)/t16-,18-,19-/m1/s1. The Morgan fingerprint density at radius 2 is 1.81 bits per heavy atom. The highest BCUT2D eigenvalue weighted by Gasteiger charge is 2.32. The molecule has 8 nitrogen and oxygen atoms in total. The van der Waals surface area contributed by atoms with Crippen molar-refractivity contribution in [3.63, 3.8) is 0 Å². The highest BCUT2D eigenvalue weighted by molar-refractivity contribution is 7.89. The number of sulfonamides is 1. The molecule has 1 aliphatic heterocycles. The SMILES string of the molecule is O=C(Nc1ccccc1)N[C@@H]1CC[C@H](CCNS(=O)(=O)c2ccccc2F)O[C@@H]1CO. The molecule has 1 saturated heterocycles. The van der Waals surface area contributed by atoms with E-state index in [2.05, 4.69) is 15.4 Å². The number of hydrogen-bond donors (Lipinski definition) is 4. The Bertz CT molecular complexity index is 974. The van der Waals surface area contributed by atoms with Crippen molar-refractivity contribution >= 4 is 21.7 Å². The maximum absolute atomic E-state index is 13.7. The maximum Gasteiger partial charge on any atom is 0.319 e. The fraction of sp³-hybridized carbons (Fsp3) is 0.381. The Balaban J connectivity index is 1.47. The monoisotopic (exact) mass is 451 g/mol. The molecule has 1 aliphatic rings. The molecular formula is C21H26FN3O5S. The van der Waals surface area contributed by atoms with Crippen LogP contribution < -0.4 is 15.4 Å². The molecule has 0 radical (unpaired) electrons. The lowest BCUT2D eigenvalue weighted by molar-refractivity contribution is -0.0884. The highest BCUT2D eigenvalue weighted by Crippen LogP contribution is 2.22. The van der Waals surface area contributed by atoms with E-state index < -0.39 is 32.9 Å². The zero-order valence-corrected chi connectivity index (χ0v) is 17.6. The smallest absolute Gasteiger partial charge is 0.319 e. The summed E-state index contributed by atoms with van der Waals surface area (Å²) in [6.07, 6.45) is 0.596. The average molecular weight is 452 g/mol. The molecule has 3 rings (SSSR count). The number of aliphatic hydroxyl groups is 1. The molecule has 3 atom stereocenters. The molecule has 4 N–H and O–H groups in total. The van der Waals surface area contributed by atoms with Crippen LogP contribution in [0.25, 0.3) is 0 Å². The largest absolute Gasteiger partial charge is 0.394 e. The van der Waals surface area contributed by atoms with E-state index in [1.54, 1.807) is 24.3 Å². The van der Waals surface area contributed by atoms with E-state index in [-0.39, 0.29) is 25.3 Å². The van der Waals surface area contributed by atoms with E-state index in [4.69, 9.17) is 4.74 Å². The number of para-hydroxylation sites is 1. The number of amides is 2. The van der Waals surface area contributed by atoms with Crippen LogP contribution in [0.5, 0.6) is 0 Å². The first-order valence-electron chi connectivity index (χ1n) is 10.0.